The van der Waals surface area contributed by atoms with E-state index < -0.39 is 0 Å². The smallest absolute Gasteiger partial charge is 0.0469 e. The van der Waals surface area contributed by atoms with Crippen molar-refractivity contribution < 1.29 is 0 Å². The molecule has 0 aliphatic carbocycles. The van der Waals surface area contributed by atoms with Gasteiger partial charge in [-0.15, -0.1) is 0 Å². The molecule has 0 spiro atoms. The maximum atomic E-state index is 2.26. The first kappa shape index (κ1) is 19.6. The van der Waals surface area contributed by atoms with Gasteiger partial charge in [-0.3, -0.25) is 0 Å². The van der Waals surface area contributed by atoms with Crippen LogP contribution in [0.5, 0.6) is 0 Å². The molecule has 0 aromatic heterocycles. The van der Waals surface area contributed by atoms with Gasteiger partial charge in [-0.25, -0.2) is 0 Å². The molecule has 0 aliphatic heterocycles. The maximum Gasteiger partial charge on any atom is -0.0469 e. The summed E-state index contributed by atoms with van der Waals surface area (Å²) in [6, 6.07) is 0. The van der Waals surface area contributed by atoms with E-state index in [4.69, 9.17) is 0 Å². The lowest BCUT2D eigenvalue weighted by atomic mass is 10.0. The Bertz CT molecular complexity index is 61.4. The van der Waals surface area contributed by atoms with Crippen molar-refractivity contribution in [1.29, 1.82) is 0 Å². The van der Waals surface area contributed by atoms with Gasteiger partial charge >= 0.3 is 0 Å². The highest BCUT2D eigenvalue weighted by Gasteiger charge is 1.95. The van der Waals surface area contributed by atoms with Crippen LogP contribution in [0.4, 0.5) is 0 Å². The molecule has 0 unspecified atom stereocenters. The van der Waals surface area contributed by atoms with Crippen molar-refractivity contribution in [2.24, 2.45) is 17.8 Å². The van der Waals surface area contributed by atoms with Crippen LogP contribution in [-0.4, -0.2) is 0 Å². The molecule has 14 heavy (non-hydrogen) atoms. The van der Waals surface area contributed by atoms with Crippen LogP contribution in [0.3, 0.4) is 0 Å². The molecule has 0 radical (unpaired) electrons. The average Bonchev–Trinajstić information content (AvgIpc) is 1.82. The van der Waals surface area contributed by atoms with Gasteiger partial charge in [0.25, 0.3) is 0 Å². The number of rotatable bonds is 2. The molecule has 0 saturated heterocycles. The molecule has 0 nitrogen and oxygen atoms in total. The molecule has 0 aromatic carbocycles. The maximum absolute atomic E-state index is 2.26. The van der Waals surface area contributed by atoms with Crippen molar-refractivity contribution in [2.45, 2.75) is 75.2 Å². The monoisotopic (exact) mass is 202 g/mol. The second-order valence-electron chi connectivity index (χ2n) is 5.46. The van der Waals surface area contributed by atoms with Gasteiger partial charge < -0.3 is 0 Å². The molecule has 0 aliphatic rings. The van der Waals surface area contributed by atoms with Gasteiger partial charge in [0.2, 0.25) is 0 Å². The van der Waals surface area contributed by atoms with E-state index in [9.17, 15) is 0 Å². The Labute approximate surface area is 93.5 Å². The van der Waals surface area contributed by atoms with E-state index in [1.54, 1.807) is 0 Å². The summed E-state index contributed by atoms with van der Waals surface area (Å²) >= 11 is 0. The fraction of sp³-hybridized carbons (Fsp3) is 1.00. The molecule has 0 heteroatoms. The minimum atomic E-state index is 0.833. The van der Waals surface area contributed by atoms with Gasteiger partial charge in [0.15, 0.2) is 0 Å². The Morgan fingerprint density at radius 2 is 0.786 bits per heavy atom. The van der Waals surface area contributed by atoms with Crippen LogP contribution in [0.2, 0.25) is 0 Å². The minimum Gasteiger partial charge on any atom is -0.0656 e. The van der Waals surface area contributed by atoms with Crippen LogP contribution >= 0.6 is 0 Å². The Morgan fingerprint density at radius 3 is 0.786 bits per heavy atom. The van der Waals surface area contributed by atoms with E-state index in [-0.39, 0.29) is 0 Å². The van der Waals surface area contributed by atoms with Crippen LogP contribution in [0.25, 0.3) is 0 Å². The topological polar surface area (TPSA) is 0 Å². The average molecular weight is 202 g/mol. The second kappa shape index (κ2) is 15.5. The first-order valence-corrected chi connectivity index (χ1v) is 6.27. The van der Waals surface area contributed by atoms with E-state index in [2.05, 4.69) is 62.3 Å². The van der Waals surface area contributed by atoms with Gasteiger partial charge in [0.05, 0.1) is 0 Å². The highest BCUT2D eigenvalue weighted by molar-refractivity contribution is 4.47. The number of hydrogen-bond acceptors (Lipinski definition) is 0. The van der Waals surface area contributed by atoms with Gasteiger partial charge in [0.1, 0.15) is 0 Å². The summed E-state index contributed by atoms with van der Waals surface area (Å²) in [6.45, 7) is 19.8. The number of hydrogen-bond donors (Lipinski definition) is 0. The Hall–Kier alpha value is 0. The standard InChI is InChI=1S/C7H16.C4H10.C3H8/c1-6(2)5-7(3)4;1-4(2)3;1-3-2/h6-7H,5H2,1-4H3;4H,1-3H3;3H2,1-2H3. The summed E-state index contributed by atoms with van der Waals surface area (Å²) in [4.78, 5) is 0. The summed E-state index contributed by atoms with van der Waals surface area (Å²) in [7, 11) is 0. The largest absolute Gasteiger partial charge is 0.0656 e. The van der Waals surface area contributed by atoms with Crippen molar-refractivity contribution in [2.75, 3.05) is 0 Å². The third kappa shape index (κ3) is 90.8. The predicted octanol–water partition coefficient (Wildman–Crippen LogP) is 5.77. The molecule has 0 N–H and O–H groups in total. The predicted molar refractivity (Wildman–Crippen MR) is 70.8 cm³/mol. The molecular formula is C14H34. The van der Waals surface area contributed by atoms with Crippen LogP contribution in [0, 0.1) is 17.8 Å². The summed E-state index contributed by atoms with van der Waals surface area (Å²) in [5.74, 6) is 2.58. The van der Waals surface area contributed by atoms with E-state index in [0.717, 1.165) is 17.8 Å². The summed E-state index contributed by atoms with van der Waals surface area (Å²) < 4.78 is 0. The molecule has 0 bridgehead atoms. The van der Waals surface area contributed by atoms with Crippen molar-refractivity contribution in [3.63, 3.8) is 0 Å². The van der Waals surface area contributed by atoms with Gasteiger partial charge in [-0.05, 0) is 24.2 Å². The quantitative estimate of drug-likeness (QED) is 0.533. The Morgan fingerprint density at radius 1 is 0.643 bits per heavy atom. The highest BCUT2D eigenvalue weighted by Crippen LogP contribution is 2.08. The molecule has 90 valence electrons. The van der Waals surface area contributed by atoms with Gasteiger partial charge in [0, 0.05) is 0 Å². The van der Waals surface area contributed by atoms with Crippen LogP contribution in [-0.2, 0) is 0 Å². The summed E-state index contributed by atoms with van der Waals surface area (Å²) in [5, 5.41) is 0. The zero-order valence-corrected chi connectivity index (χ0v) is 12.1. The minimum absolute atomic E-state index is 0.833. The highest BCUT2D eigenvalue weighted by atomic mass is 14.0. The van der Waals surface area contributed by atoms with E-state index in [1.165, 1.54) is 12.8 Å². The van der Waals surface area contributed by atoms with E-state index in [1.807, 2.05) is 0 Å². The van der Waals surface area contributed by atoms with Crippen molar-refractivity contribution in [1.82, 2.24) is 0 Å². The third-order valence-corrected chi connectivity index (χ3v) is 0.943. The van der Waals surface area contributed by atoms with Crippen molar-refractivity contribution >= 4 is 0 Å². The van der Waals surface area contributed by atoms with E-state index in [0.29, 0.717) is 0 Å². The summed E-state index contributed by atoms with van der Waals surface area (Å²) in [6.07, 6.45) is 2.61. The van der Waals surface area contributed by atoms with Gasteiger partial charge in [-0.1, -0.05) is 68.7 Å². The molecule has 0 fully saturated rings. The van der Waals surface area contributed by atoms with Crippen LogP contribution < -0.4 is 0 Å². The lowest BCUT2D eigenvalue weighted by Gasteiger charge is -2.05. The zero-order chi connectivity index (χ0) is 12.1. The molecule has 0 atom stereocenters. The lowest BCUT2D eigenvalue weighted by Crippen LogP contribution is -1.93. The summed E-state index contributed by atoms with van der Waals surface area (Å²) in [5.41, 5.74) is 0. The molecule has 0 heterocycles. The molecule has 0 rings (SSSR count). The molecule has 0 saturated carbocycles. The fourth-order valence-corrected chi connectivity index (χ4v) is 0.943. The van der Waals surface area contributed by atoms with Gasteiger partial charge in [-0.2, -0.15) is 0 Å². The van der Waals surface area contributed by atoms with Crippen LogP contribution in [0.15, 0.2) is 0 Å². The SMILES string of the molecule is CC(C)C.CC(C)CC(C)C.CCC. The van der Waals surface area contributed by atoms with Crippen molar-refractivity contribution in [3.05, 3.63) is 0 Å². The fourth-order valence-electron chi connectivity index (χ4n) is 0.943. The third-order valence-electron chi connectivity index (χ3n) is 0.943. The molecule has 0 aromatic rings. The first-order valence-electron chi connectivity index (χ1n) is 6.27. The molecular weight excluding hydrogens is 168 g/mol. The first-order chi connectivity index (χ1) is 6.27. The zero-order valence-electron chi connectivity index (χ0n) is 12.1. The van der Waals surface area contributed by atoms with Crippen LogP contribution in [0.1, 0.15) is 75.2 Å². The second-order valence-corrected chi connectivity index (χ2v) is 5.46. The Kier molecular flexibility index (Phi) is 21.6. The van der Waals surface area contributed by atoms with E-state index >= 15 is 0 Å². The lowest BCUT2D eigenvalue weighted by molar-refractivity contribution is 0.469. The Balaban J connectivity index is -0.000000147. The molecule has 0 amide bonds. The van der Waals surface area contributed by atoms with Crippen molar-refractivity contribution in [3.8, 4) is 0 Å². The normalized spacial score (nSPS) is 9.43.